The first kappa shape index (κ1) is 24.2. The molecule has 2 N–H and O–H groups in total. The van der Waals surface area contributed by atoms with Crippen LogP contribution in [0.1, 0.15) is 58.2 Å². The number of fused-ring (bicyclic) bond motifs is 1. The van der Waals surface area contributed by atoms with E-state index in [4.69, 9.17) is 4.74 Å². The van der Waals surface area contributed by atoms with Crippen LogP contribution < -0.4 is 10.6 Å². The van der Waals surface area contributed by atoms with E-state index in [-0.39, 0.29) is 11.9 Å². The molecule has 5 nitrogen and oxygen atoms in total. The summed E-state index contributed by atoms with van der Waals surface area (Å²) in [5.74, 6) is 0.0519. The van der Waals surface area contributed by atoms with Gasteiger partial charge < -0.3 is 15.4 Å². The number of carbonyl (C=O) groups is 2. The molecule has 0 unspecified atom stereocenters. The van der Waals surface area contributed by atoms with Crippen molar-refractivity contribution in [1.29, 1.82) is 0 Å². The molecule has 0 aliphatic heterocycles. The van der Waals surface area contributed by atoms with Crippen molar-refractivity contribution in [3.63, 3.8) is 0 Å². The maximum absolute atomic E-state index is 13.5. The Morgan fingerprint density at radius 3 is 2.50 bits per heavy atom. The molecule has 0 bridgehead atoms. The summed E-state index contributed by atoms with van der Waals surface area (Å²) in [5, 5.41) is 7.11. The van der Waals surface area contributed by atoms with Crippen LogP contribution in [0, 0.1) is 5.92 Å². The molecular weight excluding hydrogens is 444 g/mol. The maximum Gasteiger partial charge on any atom is 0.341 e. The fourth-order valence-corrected chi connectivity index (χ4v) is 5.86. The molecular formula is C28H32N2O3S. The lowest BCUT2D eigenvalue weighted by Crippen LogP contribution is -2.34. The molecule has 1 amide bonds. The number of benzene rings is 2. The Labute approximate surface area is 205 Å². The van der Waals surface area contributed by atoms with Gasteiger partial charge in [-0.15, -0.1) is 11.3 Å². The predicted molar refractivity (Wildman–Crippen MR) is 137 cm³/mol. The zero-order valence-electron chi connectivity index (χ0n) is 19.8. The van der Waals surface area contributed by atoms with Crippen molar-refractivity contribution in [3.05, 3.63) is 87.8 Å². The van der Waals surface area contributed by atoms with Crippen molar-refractivity contribution in [3.8, 4) is 0 Å². The lowest BCUT2D eigenvalue weighted by Gasteiger charge is -2.19. The van der Waals surface area contributed by atoms with Gasteiger partial charge in [-0.25, -0.2) is 4.79 Å². The average molecular weight is 477 g/mol. The molecule has 0 saturated heterocycles. The first-order valence-corrected chi connectivity index (χ1v) is 12.8. The third-order valence-corrected chi connectivity index (χ3v) is 7.40. The normalized spacial score (nSPS) is 15.9. The molecule has 1 aromatic heterocycles. The molecule has 0 saturated carbocycles. The number of carbonyl (C=O) groups excluding carboxylic acids is 2. The van der Waals surface area contributed by atoms with Crippen LogP contribution in [0.3, 0.4) is 0 Å². The second kappa shape index (κ2) is 11.4. The van der Waals surface area contributed by atoms with Gasteiger partial charge in [-0.05, 0) is 55.2 Å². The van der Waals surface area contributed by atoms with E-state index < -0.39 is 6.04 Å². The van der Waals surface area contributed by atoms with Crippen molar-refractivity contribution in [2.24, 2.45) is 5.92 Å². The van der Waals surface area contributed by atoms with Gasteiger partial charge >= 0.3 is 5.97 Å². The van der Waals surface area contributed by atoms with Gasteiger partial charge in [0.1, 0.15) is 11.0 Å². The number of esters is 1. The fraction of sp³-hybridized carbons (Fsp3) is 0.357. The third kappa shape index (κ3) is 5.75. The Morgan fingerprint density at radius 1 is 1.09 bits per heavy atom. The fourth-order valence-electron chi connectivity index (χ4n) is 4.46. The van der Waals surface area contributed by atoms with Crippen molar-refractivity contribution < 1.29 is 14.3 Å². The SMILES string of the molecule is CCOC(=O)c1c(NC(=O)[C@@H](NCCc2ccccc2)c2ccccc2)sc2c1CC[C@H](C)C2. The Hall–Kier alpha value is -2.96. The molecule has 6 heteroatoms. The number of hydrogen-bond donors (Lipinski definition) is 2. The van der Waals surface area contributed by atoms with Crippen molar-refractivity contribution in [1.82, 2.24) is 5.32 Å². The van der Waals surface area contributed by atoms with Gasteiger partial charge in [-0.3, -0.25) is 4.79 Å². The molecule has 34 heavy (non-hydrogen) atoms. The van der Waals surface area contributed by atoms with Gasteiger partial charge in [0.15, 0.2) is 0 Å². The average Bonchev–Trinajstić information content (AvgIpc) is 3.20. The van der Waals surface area contributed by atoms with Gasteiger partial charge in [-0.2, -0.15) is 0 Å². The predicted octanol–water partition coefficient (Wildman–Crippen LogP) is 5.56. The minimum absolute atomic E-state index is 0.170. The van der Waals surface area contributed by atoms with Crippen molar-refractivity contribution in [2.45, 2.75) is 45.6 Å². The highest BCUT2D eigenvalue weighted by Crippen LogP contribution is 2.40. The van der Waals surface area contributed by atoms with Gasteiger partial charge in [0.2, 0.25) is 5.91 Å². The molecule has 1 heterocycles. The topological polar surface area (TPSA) is 67.4 Å². The van der Waals surface area contributed by atoms with Gasteiger partial charge in [0.25, 0.3) is 0 Å². The van der Waals surface area contributed by atoms with E-state index in [9.17, 15) is 9.59 Å². The zero-order chi connectivity index (χ0) is 23.9. The summed E-state index contributed by atoms with van der Waals surface area (Å²) in [7, 11) is 0. The number of hydrogen-bond acceptors (Lipinski definition) is 5. The summed E-state index contributed by atoms with van der Waals surface area (Å²) >= 11 is 1.52. The number of ether oxygens (including phenoxy) is 1. The zero-order valence-corrected chi connectivity index (χ0v) is 20.6. The van der Waals surface area contributed by atoms with Gasteiger partial charge in [0, 0.05) is 11.4 Å². The molecule has 4 rings (SSSR count). The monoisotopic (exact) mass is 476 g/mol. The van der Waals surface area contributed by atoms with E-state index in [1.54, 1.807) is 6.92 Å². The van der Waals surface area contributed by atoms with Crippen LogP contribution in [0.15, 0.2) is 60.7 Å². The summed E-state index contributed by atoms with van der Waals surface area (Å²) in [6.45, 7) is 4.99. The maximum atomic E-state index is 13.5. The quantitative estimate of drug-likeness (QED) is 0.397. The Morgan fingerprint density at radius 2 is 1.79 bits per heavy atom. The summed E-state index contributed by atoms with van der Waals surface area (Å²) in [6, 6.07) is 19.4. The molecule has 3 aromatic rings. The molecule has 1 aliphatic rings. The molecule has 2 atom stereocenters. The van der Waals surface area contributed by atoms with Crippen LogP contribution in [0.4, 0.5) is 5.00 Å². The highest BCUT2D eigenvalue weighted by Gasteiger charge is 2.30. The van der Waals surface area contributed by atoms with Crippen LogP contribution in [-0.4, -0.2) is 25.0 Å². The number of nitrogens with one attached hydrogen (secondary N) is 2. The smallest absolute Gasteiger partial charge is 0.341 e. The first-order chi connectivity index (χ1) is 16.6. The van der Waals surface area contributed by atoms with E-state index in [1.165, 1.54) is 21.8 Å². The molecule has 178 valence electrons. The van der Waals surface area contributed by atoms with Crippen molar-refractivity contribution in [2.75, 3.05) is 18.5 Å². The Bertz CT molecular complexity index is 1110. The standard InChI is InChI=1S/C28H32N2O3S/c1-3-33-28(32)24-22-15-14-19(2)18-23(22)34-27(24)30-26(31)25(21-12-8-5-9-13-21)29-17-16-20-10-6-4-7-11-20/h4-13,19,25,29H,3,14-18H2,1-2H3,(H,30,31)/t19-,25-/m0/s1. The Balaban J connectivity index is 1.56. The highest BCUT2D eigenvalue weighted by atomic mass is 32.1. The summed E-state index contributed by atoms with van der Waals surface area (Å²) < 4.78 is 5.36. The highest BCUT2D eigenvalue weighted by molar-refractivity contribution is 7.17. The third-order valence-electron chi connectivity index (χ3n) is 6.23. The molecule has 2 aromatic carbocycles. The summed E-state index contributed by atoms with van der Waals surface area (Å²) in [5.41, 5.74) is 3.69. The summed E-state index contributed by atoms with van der Waals surface area (Å²) in [6.07, 6.45) is 3.63. The van der Waals surface area contributed by atoms with Crippen molar-refractivity contribution >= 4 is 28.2 Å². The van der Waals surface area contributed by atoms with Crippen LogP contribution in [-0.2, 0) is 28.8 Å². The first-order valence-electron chi connectivity index (χ1n) is 12.0. The number of anilines is 1. The van der Waals surface area contributed by atoms with E-state index in [2.05, 4.69) is 29.7 Å². The van der Waals surface area contributed by atoms with E-state index in [0.29, 0.717) is 29.6 Å². The molecule has 0 radical (unpaired) electrons. The van der Waals surface area contributed by atoms with Gasteiger partial charge in [0.05, 0.1) is 12.2 Å². The Kier molecular flexibility index (Phi) is 8.14. The largest absolute Gasteiger partial charge is 0.462 e. The number of rotatable bonds is 9. The lowest BCUT2D eigenvalue weighted by atomic mass is 9.88. The van der Waals surface area contributed by atoms with E-state index in [0.717, 1.165) is 36.8 Å². The molecule has 1 aliphatic carbocycles. The summed E-state index contributed by atoms with van der Waals surface area (Å²) in [4.78, 5) is 27.6. The van der Waals surface area contributed by atoms with Crippen LogP contribution in [0.5, 0.6) is 0 Å². The second-order valence-corrected chi connectivity index (χ2v) is 9.90. The van der Waals surface area contributed by atoms with E-state index in [1.807, 2.05) is 48.5 Å². The second-order valence-electron chi connectivity index (χ2n) is 8.80. The number of amides is 1. The van der Waals surface area contributed by atoms with Gasteiger partial charge in [-0.1, -0.05) is 67.6 Å². The minimum atomic E-state index is -0.530. The van der Waals surface area contributed by atoms with E-state index >= 15 is 0 Å². The molecule has 0 fully saturated rings. The van der Waals surface area contributed by atoms with Crippen LogP contribution >= 0.6 is 11.3 Å². The lowest BCUT2D eigenvalue weighted by molar-refractivity contribution is -0.118. The van der Waals surface area contributed by atoms with Crippen LogP contribution in [0.2, 0.25) is 0 Å². The van der Waals surface area contributed by atoms with Crippen LogP contribution in [0.25, 0.3) is 0 Å². The number of thiophene rings is 1. The molecule has 0 spiro atoms. The minimum Gasteiger partial charge on any atom is -0.462 e.